The van der Waals surface area contributed by atoms with Gasteiger partial charge in [-0.3, -0.25) is 14.5 Å². The summed E-state index contributed by atoms with van der Waals surface area (Å²) < 4.78 is 8.72. The lowest BCUT2D eigenvalue weighted by Gasteiger charge is -2.09. The Labute approximate surface area is 195 Å². The van der Waals surface area contributed by atoms with E-state index in [0.717, 1.165) is 27.9 Å². The van der Waals surface area contributed by atoms with E-state index >= 15 is 0 Å². The van der Waals surface area contributed by atoms with E-state index in [-0.39, 0.29) is 5.43 Å². The van der Waals surface area contributed by atoms with E-state index in [1.807, 2.05) is 43.6 Å². The highest BCUT2D eigenvalue weighted by atomic mass is 16.5. The molecule has 0 bridgehead atoms. The van der Waals surface area contributed by atoms with Crippen molar-refractivity contribution in [3.63, 3.8) is 0 Å². The van der Waals surface area contributed by atoms with E-state index in [0.29, 0.717) is 23.7 Å². The van der Waals surface area contributed by atoms with Crippen molar-refractivity contribution in [1.29, 1.82) is 0 Å². The molecule has 5 aromatic rings. The minimum absolute atomic E-state index is 0.113. The fourth-order valence-electron chi connectivity index (χ4n) is 3.65. The van der Waals surface area contributed by atoms with Gasteiger partial charge >= 0.3 is 0 Å². The van der Waals surface area contributed by atoms with Crippen LogP contribution < -0.4 is 10.2 Å². The summed E-state index contributed by atoms with van der Waals surface area (Å²) in [5, 5.41) is 8.68. The second kappa shape index (κ2) is 9.07. The van der Waals surface area contributed by atoms with Crippen LogP contribution in [0.3, 0.4) is 0 Å². The molecule has 5 rings (SSSR count). The number of rotatable bonds is 6. The van der Waals surface area contributed by atoms with Gasteiger partial charge in [-0.15, -0.1) is 0 Å². The normalized spacial score (nSPS) is 10.9. The summed E-state index contributed by atoms with van der Waals surface area (Å²) in [7, 11) is 3.44. The maximum Gasteiger partial charge on any atom is 0.203 e. The Hall–Kier alpha value is -4.66. The minimum Gasteiger partial charge on any atom is -0.494 e. The number of nitrogens with zero attached hydrogens (tertiary/aromatic N) is 7. The van der Waals surface area contributed by atoms with Gasteiger partial charge in [0.2, 0.25) is 5.43 Å². The lowest BCUT2D eigenvalue weighted by Crippen LogP contribution is -2.16. The second-order valence-electron chi connectivity index (χ2n) is 7.69. The SMILES string of the molecule is COc1cnccc1-c1cnc(-c2cccc(Cc3nn(-c4cnn(C)c4)ccc3=O)c2)nc1. The first-order valence-corrected chi connectivity index (χ1v) is 10.6. The van der Waals surface area contributed by atoms with Crippen molar-refractivity contribution >= 4 is 0 Å². The first-order chi connectivity index (χ1) is 16.6. The number of pyridine rings is 1. The molecule has 0 saturated heterocycles. The van der Waals surface area contributed by atoms with Crippen molar-refractivity contribution < 1.29 is 4.74 Å². The lowest BCUT2D eigenvalue weighted by atomic mass is 10.1. The Bertz CT molecular complexity index is 1510. The largest absolute Gasteiger partial charge is 0.494 e. The van der Waals surface area contributed by atoms with Gasteiger partial charge in [0, 0.05) is 61.0 Å². The van der Waals surface area contributed by atoms with Crippen molar-refractivity contribution in [2.75, 3.05) is 7.11 Å². The molecule has 0 N–H and O–H groups in total. The average Bonchev–Trinajstić information content (AvgIpc) is 3.32. The zero-order valence-electron chi connectivity index (χ0n) is 18.7. The van der Waals surface area contributed by atoms with E-state index in [9.17, 15) is 4.79 Å². The van der Waals surface area contributed by atoms with E-state index in [4.69, 9.17) is 4.74 Å². The first kappa shape index (κ1) is 21.2. The maximum atomic E-state index is 12.5. The zero-order valence-corrected chi connectivity index (χ0v) is 18.7. The van der Waals surface area contributed by atoms with Gasteiger partial charge < -0.3 is 4.74 Å². The van der Waals surface area contributed by atoms with Gasteiger partial charge in [-0.25, -0.2) is 14.6 Å². The van der Waals surface area contributed by atoms with Crippen molar-refractivity contribution in [2.24, 2.45) is 7.05 Å². The molecule has 0 aliphatic heterocycles. The summed E-state index contributed by atoms with van der Waals surface area (Å²) in [6.45, 7) is 0. The molecule has 0 radical (unpaired) electrons. The minimum atomic E-state index is -0.113. The standard InChI is InChI=1S/C25H21N7O2/c1-31-16-20(14-29-31)32-9-7-23(33)22(30-32)11-17-4-3-5-18(10-17)25-27-12-19(13-28-25)21-6-8-26-15-24(21)34-2/h3-10,12-16H,11H2,1-2H3. The van der Waals surface area contributed by atoms with Crippen molar-refractivity contribution in [3.05, 3.63) is 101 Å². The Morgan fingerprint density at radius 3 is 2.62 bits per heavy atom. The quantitative estimate of drug-likeness (QED) is 0.391. The van der Waals surface area contributed by atoms with Crippen LogP contribution in [0, 0.1) is 0 Å². The molecule has 0 unspecified atom stereocenters. The molecule has 0 aliphatic rings. The summed E-state index contributed by atoms with van der Waals surface area (Å²) in [4.78, 5) is 25.6. The summed E-state index contributed by atoms with van der Waals surface area (Å²) >= 11 is 0. The molecule has 0 fully saturated rings. The van der Waals surface area contributed by atoms with Crippen LogP contribution in [0.15, 0.2) is 84.6 Å². The Kier molecular flexibility index (Phi) is 5.65. The predicted octanol–water partition coefficient (Wildman–Crippen LogP) is 3.08. The first-order valence-electron chi connectivity index (χ1n) is 10.6. The van der Waals surface area contributed by atoms with Gasteiger partial charge in [0.25, 0.3) is 0 Å². The molecular formula is C25H21N7O2. The van der Waals surface area contributed by atoms with E-state index in [2.05, 4.69) is 25.1 Å². The molecule has 34 heavy (non-hydrogen) atoms. The van der Waals surface area contributed by atoms with Crippen LogP contribution in [-0.4, -0.2) is 41.6 Å². The van der Waals surface area contributed by atoms with Crippen molar-refractivity contribution in [3.8, 4) is 34.0 Å². The van der Waals surface area contributed by atoms with Crippen LogP contribution in [0.5, 0.6) is 5.75 Å². The van der Waals surface area contributed by atoms with Gasteiger partial charge in [0.15, 0.2) is 5.82 Å². The van der Waals surface area contributed by atoms with Gasteiger partial charge in [-0.05, 0) is 17.7 Å². The van der Waals surface area contributed by atoms with Crippen LogP contribution >= 0.6 is 0 Å². The summed E-state index contributed by atoms with van der Waals surface area (Å²) in [6, 6.07) is 11.2. The third-order valence-corrected chi connectivity index (χ3v) is 5.36. The van der Waals surface area contributed by atoms with Gasteiger partial charge in [0.1, 0.15) is 17.1 Å². The van der Waals surface area contributed by atoms with E-state index in [1.165, 1.54) is 6.07 Å². The topological polar surface area (TPSA) is 101 Å². The van der Waals surface area contributed by atoms with Crippen molar-refractivity contribution in [1.82, 2.24) is 34.5 Å². The summed E-state index contributed by atoms with van der Waals surface area (Å²) in [5.74, 6) is 1.25. The van der Waals surface area contributed by atoms with Crippen LogP contribution in [-0.2, 0) is 13.5 Å². The third-order valence-electron chi connectivity index (χ3n) is 5.36. The third kappa shape index (κ3) is 4.31. The molecule has 0 amide bonds. The van der Waals surface area contributed by atoms with E-state index < -0.39 is 0 Å². The number of hydrogen-bond donors (Lipinski definition) is 0. The lowest BCUT2D eigenvalue weighted by molar-refractivity contribution is 0.414. The monoisotopic (exact) mass is 451 g/mol. The molecule has 0 aliphatic carbocycles. The van der Waals surface area contributed by atoms with Gasteiger partial charge in [-0.1, -0.05) is 18.2 Å². The molecule has 4 heterocycles. The van der Waals surface area contributed by atoms with Crippen LogP contribution in [0.25, 0.3) is 28.2 Å². The highest BCUT2D eigenvalue weighted by Crippen LogP contribution is 2.28. The van der Waals surface area contributed by atoms with Crippen LogP contribution in [0.2, 0.25) is 0 Å². The number of hydrogen-bond acceptors (Lipinski definition) is 7. The number of ether oxygens (including phenoxy) is 1. The van der Waals surface area contributed by atoms with Gasteiger partial charge in [0.05, 0.1) is 25.7 Å². The smallest absolute Gasteiger partial charge is 0.203 e. The Morgan fingerprint density at radius 1 is 1.00 bits per heavy atom. The number of aromatic nitrogens is 7. The molecule has 0 atom stereocenters. The number of aryl methyl sites for hydroxylation is 1. The van der Waals surface area contributed by atoms with E-state index in [1.54, 1.807) is 53.7 Å². The molecule has 0 saturated carbocycles. The van der Waals surface area contributed by atoms with Crippen molar-refractivity contribution in [2.45, 2.75) is 6.42 Å². The molecule has 168 valence electrons. The van der Waals surface area contributed by atoms with Crippen LogP contribution in [0.1, 0.15) is 11.3 Å². The molecule has 4 aromatic heterocycles. The maximum absolute atomic E-state index is 12.5. The average molecular weight is 451 g/mol. The molecular weight excluding hydrogens is 430 g/mol. The highest BCUT2D eigenvalue weighted by molar-refractivity contribution is 5.69. The molecule has 0 spiro atoms. The fraction of sp³-hybridized carbons (Fsp3) is 0.120. The molecule has 9 heteroatoms. The predicted molar refractivity (Wildman–Crippen MR) is 127 cm³/mol. The van der Waals surface area contributed by atoms with Gasteiger partial charge in [-0.2, -0.15) is 10.2 Å². The fourth-order valence-corrected chi connectivity index (χ4v) is 3.65. The Morgan fingerprint density at radius 2 is 1.85 bits per heavy atom. The molecule has 9 nitrogen and oxygen atoms in total. The summed E-state index contributed by atoms with van der Waals surface area (Å²) in [6.07, 6.45) is 12.5. The number of methoxy groups -OCH3 is 1. The van der Waals surface area contributed by atoms with Crippen LogP contribution in [0.4, 0.5) is 0 Å². The second-order valence-corrected chi connectivity index (χ2v) is 7.69. The number of benzene rings is 1. The molecule has 1 aromatic carbocycles. The highest BCUT2D eigenvalue weighted by Gasteiger charge is 2.10. The zero-order chi connectivity index (χ0) is 23.5. The summed E-state index contributed by atoms with van der Waals surface area (Å²) in [5.41, 5.74) is 4.63. The Balaban J connectivity index is 1.41.